The Kier molecular flexibility index (Phi) is 7.28. The molecule has 1 aromatic heterocycles. The SMILES string of the molecule is N#Cc1cccc(-n2ccc(=O)c(Cc3cccc(CC(=O)OCC4CCOCC4)c3)n2)c1. The molecule has 0 atom stereocenters. The van der Waals surface area contributed by atoms with E-state index in [9.17, 15) is 9.59 Å². The van der Waals surface area contributed by atoms with Gasteiger partial charge in [0, 0.05) is 31.9 Å². The minimum absolute atomic E-state index is 0.163. The summed E-state index contributed by atoms with van der Waals surface area (Å²) >= 11 is 0. The van der Waals surface area contributed by atoms with Crippen molar-refractivity contribution in [2.45, 2.75) is 25.7 Å². The number of rotatable bonds is 7. The molecule has 0 amide bonds. The number of carbonyl (C=O) groups is 1. The van der Waals surface area contributed by atoms with Gasteiger partial charge >= 0.3 is 5.97 Å². The molecule has 0 N–H and O–H groups in total. The van der Waals surface area contributed by atoms with E-state index in [1.807, 2.05) is 30.3 Å². The second-order valence-electron chi connectivity index (χ2n) is 8.15. The zero-order chi connectivity index (χ0) is 23.0. The molecule has 2 aromatic carbocycles. The van der Waals surface area contributed by atoms with Crippen LogP contribution in [0.5, 0.6) is 0 Å². The lowest BCUT2D eigenvalue weighted by Crippen LogP contribution is -2.22. The first kappa shape index (κ1) is 22.4. The Labute approximate surface area is 192 Å². The fourth-order valence-corrected chi connectivity index (χ4v) is 3.82. The quantitative estimate of drug-likeness (QED) is 0.521. The molecule has 0 bridgehead atoms. The maximum Gasteiger partial charge on any atom is 0.310 e. The molecule has 1 fully saturated rings. The Morgan fingerprint density at radius 2 is 1.91 bits per heavy atom. The molecule has 7 heteroatoms. The van der Waals surface area contributed by atoms with Crippen LogP contribution >= 0.6 is 0 Å². The predicted molar refractivity (Wildman–Crippen MR) is 122 cm³/mol. The molecule has 1 aliphatic rings. The van der Waals surface area contributed by atoms with E-state index in [-0.39, 0.29) is 17.8 Å². The molecule has 1 saturated heterocycles. The lowest BCUT2D eigenvalue weighted by Gasteiger charge is -2.21. The lowest BCUT2D eigenvalue weighted by molar-refractivity contribution is -0.145. The molecule has 0 unspecified atom stereocenters. The number of nitrogens with zero attached hydrogens (tertiary/aromatic N) is 3. The fourth-order valence-electron chi connectivity index (χ4n) is 3.82. The smallest absolute Gasteiger partial charge is 0.310 e. The monoisotopic (exact) mass is 443 g/mol. The van der Waals surface area contributed by atoms with Crippen molar-refractivity contribution >= 4 is 5.97 Å². The van der Waals surface area contributed by atoms with Crippen molar-refractivity contribution in [3.8, 4) is 11.8 Å². The van der Waals surface area contributed by atoms with Gasteiger partial charge in [0.05, 0.1) is 30.3 Å². The summed E-state index contributed by atoms with van der Waals surface area (Å²) in [6.45, 7) is 1.88. The van der Waals surface area contributed by atoms with Crippen LogP contribution in [0.15, 0.2) is 65.6 Å². The molecule has 3 aromatic rings. The van der Waals surface area contributed by atoms with Crippen LogP contribution in [-0.4, -0.2) is 35.6 Å². The number of hydrogen-bond acceptors (Lipinski definition) is 6. The van der Waals surface area contributed by atoms with Crippen molar-refractivity contribution in [3.63, 3.8) is 0 Å². The van der Waals surface area contributed by atoms with Crippen molar-refractivity contribution in [2.24, 2.45) is 5.92 Å². The average molecular weight is 444 g/mol. The second-order valence-corrected chi connectivity index (χ2v) is 8.15. The van der Waals surface area contributed by atoms with Crippen molar-refractivity contribution in [1.29, 1.82) is 5.26 Å². The van der Waals surface area contributed by atoms with Gasteiger partial charge in [0.25, 0.3) is 0 Å². The van der Waals surface area contributed by atoms with Crippen LogP contribution in [0.3, 0.4) is 0 Å². The number of aromatic nitrogens is 2. The van der Waals surface area contributed by atoms with Crippen molar-refractivity contribution in [3.05, 3.63) is 93.4 Å². The molecule has 0 spiro atoms. The summed E-state index contributed by atoms with van der Waals surface area (Å²) < 4.78 is 12.4. The van der Waals surface area contributed by atoms with Crippen LogP contribution in [0.1, 0.15) is 35.2 Å². The molecule has 1 aliphatic heterocycles. The Bertz CT molecular complexity index is 1220. The molecule has 33 heavy (non-hydrogen) atoms. The first-order valence-corrected chi connectivity index (χ1v) is 11.0. The van der Waals surface area contributed by atoms with Crippen LogP contribution in [0.2, 0.25) is 0 Å². The summed E-state index contributed by atoms with van der Waals surface area (Å²) in [5, 5.41) is 13.6. The number of esters is 1. The summed E-state index contributed by atoms with van der Waals surface area (Å²) in [4.78, 5) is 24.7. The van der Waals surface area contributed by atoms with Gasteiger partial charge in [0.2, 0.25) is 5.43 Å². The number of carbonyl (C=O) groups excluding carboxylic acids is 1. The van der Waals surface area contributed by atoms with E-state index in [2.05, 4.69) is 11.2 Å². The van der Waals surface area contributed by atoms with Crippen molar-refractivity contribution < 1.29 is 14.3 Å². The van der Waals surface area contributed by atoms with Crippen LogP contribution in [0.25, 0.3) is 5.69 Å². The Morgan fingerprint density at radius 3 is 2.73 bits per heavy atom. The van der Waals surface area contributed by atoms with Gasteiger partial charge in [-0.3, -0.25) is 9.59 Å². The van der Waals surface area contributed by atoms with Gasteiger partial charge in [-0.2, -0.15) is 10.4 Å². The van der Waals surface area contributed by atoms with Gasteiger partial charge < -0.3 is 9.47 Å². The summed E-state index contributed by atoms with van der Waals surface area (Å²) in [5.74, 6) is 0.116. The summed E-state index contributed by atoms with van der Waals surface area (Å²) in [6.07, 6.45) is 3.95. The van der Waals surface area contributed by atoms with E-state index < -0.39 is 0 Å². The number of nitriles is 1. The van der Waals surface area contributed by atoms with Crippen LogP contribution in [-0.2, 0) is 27.1 Å². The molecule has 7 nitrogen and oxygen atoms in total. The molecule has 0 saturated carbocycles. The van der Waals surface area contributed by atoms with E-state index in [1.165, 1.54) is 6.07 Å². The second kappa shape index (κ2) is 10.7. The first-order valence-electron chi connectivity index (χ1n) is 11.0. The standard InChI is InChI=1S/C26H25N3O4/c27-17-22-5-2-6-23(14-22)29-10-7-25(30)24(28-29)15-20-3-1-4-21(13-20)16-26(31)33-18-19-8-11-32-12-9-19/h1-7,10,13-14,19H,8-9,11-12,15-16,18H2. The van der Waals surface area contributed by atoms with E-state index in [0.29, 0.717) is 35.9 Å². The Morgan fingerprint density at radius 1 is 1.12 bits per heavy atom. The zero-order valence-corrected chi connectivity index (χ0v) is 18.3. The number of ether oxygens (including phenoxy) is 2. The molecular formula is C26H25N3O4. The summed E-state index contributed by atoms with van der Waals surface area (Å²) in [7, 11) is 0. The van der Waals surface area contributed by atoms with Gasteiger partial charge in [0.1, 0.15) is 5.69 Å². The number of hydrogen-bond donors (Lipinski definition) is 0. The Balaban J connectivity index is 1.43. The topological polar surface area (TPSA) is 94.2 Å². The molecule has 4 rings (SSSR count). The fraction of sp³-hybridized carbons (Fsp3) is 0.308. The third-order valence-corrected chi connectivity index (χ3v) is 5.65. The maximum atomic E-state index is 12.4. The van der Waals surface area contributed by atoms with E-state index in [1.54, 1.807) is 29.1 Å². The molecular weight excluding hydrogens is 418 g/mol. The highest BCUT2D eigenvalue weighted by Gasteiger charge is 2.16. The highest BCUT2D eigenvalue weighted by Crippen LogP contribution is 2.16. The van der Waals surface area contributed by atoms with Gasteiger partial charge in [-0.25, -0.2) is 4.68 Å². The molecule has 168 valence electrons. The van der Waals surface area contributed by atoms with Gasteiger partial charge in [0.15, 0.2) is 0 Å². The maximum absolute atomic E-state index is 12.4. The average Bonchev–Trinajstić information content (AvgIpc) is 2.85. The molecule has 2 heterocycles. The summed E-state index contributed by atoms with van der Waals surface area (Å²) in [5.41, 5.74) is 3.17. The lowest BCUT2D eigenvalue weighted by atomic mass is 10.0. The first-order chi connectivity index (χ1) is 16.1. The highest BCUT2D eigenvalue weighted by molar-refractivity contribution is 5.72. The molecule has 0 aliphatic carbocycles. The van der Waals surface area contributed by atoms with E-state index >= 15 is 0 Å². The normalized spacial score (nSPS) is 13.9. The highest BCUT2D eigenvalue weighted by atomic mass is 16.5. The van der Waals surface area contributed by atoms with Crippen LogP contribution in [0, 0.1) is 17.2 Å². The third kappa shape index (κ3) is 6.15. The van der Waals surface area contributed by atoms with Gasteiger partial charge in [-0.1, -0.05) is 30.3 Å². The van der Waals surface area contributed by atoms with Crippen molar-refractivity contribution in [1.82, 2.24) is 9.78 Å². The third-order valence-electron chi connectivity index (χ3n) is 5.65. The van der Waals surface area contributed by atoms with E-state index in [4.69, 9.17) is 14.7 Å². The van der Waals surface area contributed by atoms with E-state index in [0.717, 1.165) is 37.2 Å². The van der Waals surface area contributed by atoms with Crippen LogP contribution in [0.4, 0.5) is 0 Å². The summed E-state index contributed by atoms with van der Waals surface area (Å²) in [6, 6.07) is 18.2. The minimum atomic E-state index is -0.254. The largest absolute Gasteiger partial charge is 0.465 e. The molecule has 0 radical (unpaired) electrons. The van der Waals surface area contributed by atoms with Crippen molar-refractivity contribution in [2.75, 3.05) is 19.8 Å². The van der Waals surface area contributed by atoms with Crippen LogP contribution < -0.4 is 5.43 Å². The van der Waals surface area contributed by atoms with Gasteiger partial charge in [-0.05, 0) is 48.1 Å². The zero-order valence-electron chi connectivity index (χ0n) is 18.3. The number of benzene rings is 2. The Hall–Kier alpha value is -3.76. The predicted octanol–water partition coefficient (Wildman–Crippen LogP) is 3.21. The minimum Gasteiger partial charge on any atom is -0.465 e. The van der Waals surface area contributed by atoms with Gasteiger partial charge in [-0.15, -0.1) is 0 Å².